The van der Waals surface area contributed by atoms with Gasteiger partial charge in [-0.2, -0.15) is 0 Å². The molecule has 0 atom stereocenters. The molecule has 5 heteroatoms. The van der Waals surface area contributed by atoms with E-state index in [9.17, 15) is 9.90 Å². The van der Waals surface area contributed by atoms with Gasteiger partial charge in [0.15, 0.2) is 0 Å². The Morgan fingerprint density at radius 1 is 1.10 bits per heavy atom. The van der Waals surface area contributed by atoms with Crippen molar-refractivity contribution in [2.45, 2.75) is 57.4 Å². The Labute approximate surface area is 170 Å². The second kappa shape index (κ2) is 7.54. The second-order valence-corrected chi connectivity index (χ2v) is 8.61. The quantitative estimate of drug-likeness (QED) is 0.548. The first-order valence-electron chi connectivity index (χ1n) is 10.8. The lowest BCUT2D eigenvalue weighted by atomic mass is 9.89. The van der Waals surface area contributed by atoms with Crippen molar-refractivity contribution >= 4 is 28.4 Å². The first-order chi connectivity index (χ1) is 14.2. The van der Waals surface area contributed by atoms with Crippen LogP contribution in [0.15, 0.2) is 42.7 Å². The second-order valence-electron chi connectivity index (χ2n) is 8.61. The van der Waals surface area contributed by atoms with E-state index in [-0.39, 0.29) is 5.56 Å². The van der Waals surface area contributed by atoms with Crippen LogP contribution < -0.4 is 5.32 Å². The van der Waals surface area contributed by atoms with Crippen molar-refractivity contribution in [1.82, 2.24) is 9.55 Å². The molecule has 3 aromatic rings. The van der Waals surface area contributed by atoms with Crippen LogP contribution in [0.3, 0.4) is 0 Å². The molecule has 2 N–H and O–H groups in total. The SMILES string of the molecule is O=C(O)c1cc(C2CC2)cnc1Nc1ccc2c(ccn2CC2CCCCC2)c1. The largest absolute Gasteiger partial charge is 0.478 e. The Hall–Kier alpha value is -2.82. The number of fused-ring (bicyclic) bond motifs is 1. The molecule has 2 saturated carbocycles. The van der Waals surface area contributed by atoms with Crippen LogP contribution in [0.2, 0.25) is 0 Å². The standard InChI is InChI=1S/C24H27N3O2/c28-24(29)21-13-19(17-6-7-17)14-25-23(21)26-20-8-9-22-18(12-20)10-11-27(22)15-16-4-2-1-3-5-16/h8-14,16-17H,1-7,15H2,(H,25,26)(H,28,29). The Morgan fingerprint density at radius 3 is 2.69 bits per heavy atom. The number of aromatic nitrogens is 2. The van der Waals surface area contributed by atoms with Crippen molar-refractivity contribution in [3.05, 3.63) is 53.9 Å². The van der Waals surface area contributed by atoms with Crippen molar-refractivity contribution in [1.29, 1.82) is 0 Å². The van der Waals surface area contributed by atoms with Crippen molar-refractivity contribution < 1.29 is 9.90 Å². The van der Waals surface area contributed by atoms with E-state index < -0.39 is 5.97 Å². The molecule has 2 aromatic heterocycles. The zero-order valence-electron chi connectivity index (χ0n) is 16.6. The fraction of sp³-hybridized carbons (Fsp3) is 0.417. The van der Waals surface area contributed by atoms with E-state index in [4.69, 9.17) is 0 Å². The lowest BCUT2D eigenvalue weighted by Crippen LogP contribution is -2.13. The van der Waals surface area contributed by atoms with Crippen LogP contribution in [-0.4, -0.2) is 20.6 Å². The van der Waals surface area contributed by atoms with Crippen LogP contribution in [0.5, 0.6) is 0 Å². The summed E-state index contributed by atoms with van der Waals surface area (Å²) in [7, 11) is 0. The van der Waals surface area contributed by atoms with Crippen molar-refractivity contribution in [2.24, 2.45) is 5.92 Å². The molecular weight excluding hydrogens is 362 g/mol. The molecule has 2 fully saturated rings. The molecule has 0 saturated heterocycles. The molecule has 0 aliphatic heterocycles. The number of nitrogens with zero attached hydrogens (tertiary/aromatic N) is 2. The van der Waals surface area contributed by atoms with Gasteiger partial charge < -0.3 is 15.0 Å². The number of carboxylic acids is 1. The topological polar surface area (TPSA) is 67.2 Å². The Balaban J connectivity index is 1.38. The van der Waals surface area contributed by atoms with Crippen LogP contribution in [0.4, 0.5) is 11.5 Å². The highest BCUT2D eigenvalue weighted by molar-refractivity contribution is 5.94. The number of hydrogen-bond acceptors (Lipinski definition) is 3. The highest BCUT2D eigenvalue weighted by Crippen LogP contribution is 2.40. The lowest BCUT2D eigenvalue weighted by molar-refractivity contribution is 0.0697. The maximum absolute atomic E-state index is 11.7. The van der Waals surface area contributed by atoms with Crippen LogP contribution in [-0.2, 0) is 6.54 Å². The molecule has 0 unspecified atom stereocenters. The van der Waals surface area contributed by atoms with E-state index in [2.05, 4.69) is 39.3 Å². The normalized spacial score (nSPS) is 17.5. The van der Waals surface area contributed by atoms with Gasteiger partial charge in [0.05, 0.1) is 0 Å². The number of benzene rings is 1. The average Bonchev–Trinajstić information content (AvgIpc) is 3.51. The van der Waals surface area contributed by atoms with E-state index in [1.807, 2.05) is 12.3 Å². The number of pyridine rings is 1. The van der Waals surface area contributed by atoms with Gasteiger partial charge in [0, 0.05) is 35.5 Å². The summed E-state index contributed by atoms with van der Waals surface area (Å²) in [6, 6.07) is 10.1. The molecule has 0 spiro atoms. The first-order valence-corrected chi connectivity index (χ1v) is 10.8. The minimum Gasteiger partial charge on any atom is -0.478 e. The Bertz CT molecular complexity index is 1050. The molecular formula is C24H27N3O2. The molecule has 0 radical (unpaired) electrons. The molecule has 2 aliphatic rings. The smallest absolute Gasteiger partial charge is 0.339 e. The highest BCUT2D eigenvalue weighted by atomic mass is 16.4. The van der Waals surface area contributed by atoms with E-state index in [0.29, 0.717) is 11.7 Å². The molecule has 1 aromatic carbocycles. The molecule has 5 rings (SSSR count). The van der Waals surface area contributed by atoms with Gasteiger partial charge in [-0.05, 0) is 73.4 Å². The average molecular weight is 389 g/mol. The van der Waals surface area contributed by atoms with Gasteiger partial charge in [-0.3, -0.25) is 0 Å². The van der Waals surface area contributed by atoms with Gasteiger partial charge in [-0.1, -0.05) is 19.3 Å². The van der Waals surface area contributed by atoms with E-state index in [1.54, 1.807) is 6.07 Å². The van der Waals surface area contributed by atoms with E-state index in [1.165, 1.54) is 37.6 Å². The number of hydrogen-bond donors (Lipinski definition) is 2. The highest BCUT2D eigenvalue weighted by Gasteiger charge is 2.26. The summed E-state index contributed by atoms with van der Waals surface area (Å²) in [5.41, 5.74) is 3.37. The van der Waals surface area contributed by atoms with Crippen LogP contribution in [0, 0.1) is 5.92 Å². The van der Waals surface area contributed by atoms with Crippen LogP contribution in [0.1, 0.15) is 66.8 Å². The summed E-state index contributed by atoms with van der Waals surface area (Å²) in [4.78, 5) is 16.2. The van der Waals surface area contributed by atoms with Crippen LogP contribution in [0.25, 0.3) is 10.9 Å². The van der Waals surface area contributed by atoms with E-state index in [0.717, 1.165) is 41.9 Å². The molecule has 29 heavy (non-hydrogen) atoms. The zero-order valence-corrected chi connectivity index (χ0v) is 16.6. The summed E-state index contributed by atoms with van der Waals surface area (Å²) in [5, 5.41) is 14.0. The zero-order chi connectivity index (χ0) is 19.8. The molecule has 150 valence electrons. The number of carbonyl (C=O) groups is 1. The molecule has 2 aliphatic carbocycles. The van der Waals surface area contributed by atoms with Gasteiger partial charge in [0.25, 0.3) is 0 Å². The minimum absolute atomic E-state index is 0.240. The molecule has 5 nitrogen and oxygen atoms in total. The third-order valence-corrected chi connectivity index (χ3v) is 6.40. The van der Waals surface area contributed by atoms with Gasteiger partial charge in [-0.25, -0.2) is 9.78 Å². The predicted octanol–water partition coefficient (Wildman–Crippen LogP) is 5.94. The fourth-order valence-corrected chi connectivity index (χ4v) is 4.61. The third kappa shape index (κ3) is 3.86. The van der Waals surface area contributed by atoms with Crippen molar-refractivity contribution in [2.75, 3.05) is 5.32 Å². The van der Waals surface area contributed by atoms with Gasteiger partial charge >= 0.3 is 5.97 Å². The Kier molecular flexibility index (Phi) is 4.74. The third-order valence-electron chi connectivity index (χ3n) is 6.40. The summed E-state index contributed by atoms with van der Waals surface area (Å²) in [6.07, 6.45) is 13.0. The molecule has 0 bridgehead atoms. The first kappa shape index (κ1) is 18.2. The summed E-state index contributed by atoms with van der Waals surface area (Å²) < 4.78 is 2.36. The number of nitrogens with one attached hydrogen (secondary N) is 1. The summed E-state index contributed by atoms with van der Waals surface area (Å²) >= 11 is 0. The molecule has 0 amide bonds. The maximum atomic E-state index is 11.7. The predicted molar refractivity (Wildman–Crippen MR) is 115 cm³/mol. The summed E-state index contributed by atoms with van der Waals surface area (Å²) in [6.45, 7) is 1.09. The number of carboxylic acid groups (broad SMARTS) is 1. The van der Waals surface area contributed by atoms with Gasteiger partial charge in [0.2, 0.25) is 0 Å². The number of anilines is 2. The van der Waals surface area contributed by atoms with Gasteiger partial charge in [0.1, 0.15) is 11.4 Å². The fourth-order valence-electron chi connectivity index (χ4n) is 4.61. The lowest BCUT2D eigenvalue weighted by Gasteiger charge is -2.22. The number of rotatable bonds is 6. The summed E-state index contributed by atoms with van der Waals surface area (Å²) in [5.74, 6) is 0.726. The van der Waals surface area contributed by atoms with Crippen molar-refractivity contribution in [3.63, 3.8) is 0 Å². The van der Waals surface area contributed by atoms with Gasteiger partial charge in [-0.15, -0.1) is 0 Å². The van der Waals surface area contributed by atoms with E-state index >= 15 is 0 Å². The molecule has 2 heterocycles. The number of aromatic carboxylic acids is 1. The maximum Gasteiger partial charge on any atom is 0.339 e. The minimum atomic E-state index is -0.942. The van der Waals surface area contributed by atoms with Crippen LogP contribution >= 0.6 is 0 Å². The Morgan fingerprint density at radius 2 is 1.93 bits per heavy atom. The monoisotopic (exact) mass is 389 g/mol. The van der Waals surface area contributed by atoms with Crippen molar-refractivity contribution in [3.8, 4) is 0 Å².